The lowest BCUT2D eigenvalue weighted by atomic mass is 10.2. The van der Waals surface area contributed by atoms with Crippen molar-refractivity contribution in [2.75, 3.05) is 0 Å². The number of hydrogen-bond acceptors (Lipinski definition) is 4. The molecule has 0 atom stereocenters. The number of hydrogen-bond donors (Lipinski definition) is 1. The van der Waals surface area contributed by atoms with E-state index in [1.54, 1.807) is 17.1 Å². The van der Waals surface area contributed by atoms with Crippen molar-refractivity contribution in [1.29, 1.82) is 0 Å². The number of nitrogens with two attached hydrogens (primary N) is 1. The quantitative estimate of drug-likeness (QED) is 0.722. The molecule has 1 aromatic carbocycles. The third-order valence-corrected chi connectivity index (χ3v) is 1.87. The predicted octanol–water partition coefficient (Wildman–Crippen LogP) is 0.658. The van der Waals surface area contributed by atoms with Crippen LogP contribution in [0.5, 0.6) is 0 Å². The molecule has 0 spiro atoms. The van der Waals surface area contributed by atoms with E-state index in [9.17, 15) is 0 Å². The lowest BCUT2D eigenvalue weighted by Crippen LogP contribution is -1.99. The minimum absolute atomic E-state index is 0.414. The molecule has 2 N–H and O–H groups in total. The molecule has 1 heterocycles. The van der Waals surface area contributed by atoms with Crippen molar-refractivity contribution in [3.8, 4) is 5.69 Å². The summed E-state index contributed by atoms with van der Waals surface area (Å²) in [7, 11) is 0. The van der Waals surface area contributed by atoms with Gasteiger partial charge in [0, 0.05) is 0 Å². The zero-order chi connectivity index (χ0) is 9.80. The van der Waals surface area contributed by atoms with Crippen LogP contribution in [0.2, 0.25) is 0 Å². The largest absolute Gasteiger partial charge is 0.300 e. The van der Waals surface area contributed by atoms with E-state index in [4.69, 9.17) is 5.90 Å². The molecule has 0 saturated heterocycles. The molecule has 0 amide bonds. The second-order valence-corrected chi connectivity index (χ2v) is 2.83. The summed E-state index contributed by atoms with van der Waals surface area (Å²) < 4.78 is 1.69. The zero-order valence-electron chi connectivity index (χ0n) is 7.50. The third kappa shape index (κ3) is 1.78. The Bertz CT molecular complexity index is 382. The molecular weight excluding hydrogens is 180 g/mol. The van der Waals surface area contributed by atoms with Crippen molar-refractivity contribution in [2.45, 2.75) is 6.61 Å². The fourth-order valence-corrected chi connectivity index (χ4v) is 1.19. The van der Waals surface area contributed by atoms with Gasteiger partial charge in [0.1, 0.15) is 0 Å². The van der Waals surface area contributed by atoms with Crippen molar-refractivity contribution in [3.05, 3.63) is 42.2 Å². The molecule has 0 aliphatic carbocycles. The Kier molecular flexibility index (Phi) is 2.53. The van der Waals surface area contributed by atoms with Gasteiger partial charge in [0.2, 0.25) is 0 Å². The van der Waals surface area contributed by atoms with Crippen LogP contribution < -0.4 is 5.90 Å². The smallest absolute Gasteiger partial charge is 0.0930 e. The van der Waals surface area contributed by atoms with E-state index in [1.807, 2.05) is 24.3 Å². The first-order chi connectivity index (χ1) is 6.90. The molecule has 0 radical (unpaired) electrons. The van der Waals surface area contributed by atoms with Crippen LogP contribution in [0.15, 0.2) is 36.7 Å². The summed E-state index contributed by atoms with van der Waals surface area (Å²) in [6.07, 6.45) is 3.42. The maximum Gasteiger partial charge on any atom is 0.0930 e. The minimum atomic E-state index is 0.414. The van der Waals surface area contributed by atoms with Gasteiger partial charge in [-0.3, -0.25) is 4.84 Å². The topological polar surface area (TPSA) is 66.0 Å². The zero-order valence-corrected chi connectivity index (χ0v) is 7.50. The molecule has 2 rings (SSSR count). The summed E-state index contributed by atoms with van der Waals surface area (Å²) in [6, 6.07) is 7.74. The fourth-order valence-electron chi connectivity index (χ4n) is 1.19. The Morgan fingerprint density at radius 3 is 2.64 bits per heavy atom. The molecular formula is C9H10N4O. The maximum atomic E-state index is 4.97. The Labute approximate surface area is 81.1 Å². The van der Waals surface area contributed by atoms with Gasteiger partial charge < -0.3 is 0 Å². The van der Waals surface area contributed by atoms with E-state index in [-0.39, 0.29) is 0 Å². The van der Waals surface area contributed by atoms with E-state index >= 15 is 0 Å². The summed E-state index contributed by atoms with van der Waals surface area (Å²) >= 11 is 0. The number of benzene rings is 1. The highest BCUT2D eigenvalue weighted by atomic mass is 16.6. The second-order valence-electron chi connectivity index (χ2n) is 2.83. The fraction of sp³-hybridized carbons (Fsp3) is 0.111. The van der Waals surface area contributed by atoms with E-state index in [0.29, 0.717) is 6.61 Å². The lowest BCUT2D eigenvalue weighted by Gasteiger charge is -2.01. The van der Waals surface area contributed by atoms with Crippen LogP contribution in [0.1, 0.15) is 5.56 Å². The van der Waals surface area contributed by atoms with Gasteiger partial charge >= 0.3 is 0 Å². The van der Waals surface area contributed by atoms with Gasteiger partial charge in [0.15, 0.2) is 0 Å². The van der Waals surface area contributed by atoms with Crippen LogP contribution in [-0.4, -0.2) is 15.0 Å². The van der Waals surface area contributed by atoms with Gasteiger partial charge in [-0.25, -0.2) is 10.6 Å². The standard InChI is InChI=1S/C9H10N4O/c10-14-7-8-1-3-9(4-2-8)13-6-5-11-12-13/h1-6H,7,10H2. The van der Waals surface area contributed by atoms with E-state index < -0.39 is 0 Å². The van der Waals surface area contributed by atoms with Crippen LogP contribution in [0, 0.1) is 0 Å². The average Bonchev–Trinajstić information content (AvgIpc) is 2.72. The molecule has 5 heteroatoms. The molecule has 5 nitrogen and oxygen atoms in total. The minimum Gasteiger partial charge on any atom is -0.300 e. The highest BCUT2D eigenvalue weighted by molar-refractivity contribution is 5.33. The van der Waals surface area contributed by atoms with E-state index in [1.165, 1.54) is 0 Å². The average molecular weight is 190 g/mol. The highest BCUT2D eigenvalue weighted by Gasteiger charge is 1.96. The second kappa shape index (κ2) is 3.99. The molecule has 14 heavy (non-hydrogen) atoms. The molecule has 0 bridgehead atoms. The van der Waals surface area contributed by atoms with Gasteiger partial charge in [0.05, 0.1) is 24.7 Å². The monoisotopic (exact) mass is 190 g/mol. The first-order valence-electron chi connectivity index (χ1n) is 4.17. The van der Waals surface area contributed by atoms with Crippen LogP contribution in [0.25, 0.3) is 5.69 Å². The van der Waals surface area contributed by atoms with Gasteiger partial charge in [-0.1, -0.05) is 17.3 Å². The highest BCUT2D eigenvalue weighted by Crippen LogP contribution is 2.08. The molecule has 2 aromatic rings. The first kappa shape index (κ1) is 8.86. The molecule has 0 aliphatic rings. The Hall–Kier alpha value is -1.72. The van der Waals surface area contributed by atoms with Crippen molar-refractivity contribution in [3.63, 3.8) is 0 Å². The summed E-state index contributed by atoms with van der Waals surface area (Å²) in [5.41, 5.74) is 1.99. The number of rotatable bonds is 3. The van der Waals surface area contributed by atoms with Crippen LogP contribution in [0.3, 0.4) is 0 Å². The maximum absolute atomic E-state index is 4.97. The Balaban J connectivity index is 2.22. The summed E-state index contributed by atoms with van der Waals surface area (Å²) in [4.78, 5) is 4.52. The summed E-state index contributed by atoms with van der Waals surface area (Å²) in [5.74, 6) is 4.97. The normalized spacial score (nSPS) is 10.4. The Morgan fingerprint density at radius 1 is 1.29 bits per heavy atom. The van der Waals surface area contributed by atoms with Crippen LogP contribution in [-0.2, 0) is 11.4 Å². The van der Waals surface area contributed by atoms with Crippen LogP contribution >= 0.6 is 0 Å². The van der Waals surface area contributed by atoms with Crippen molar-refractivity contribution >= 4 is 0 Å². The first-order valence-corrected chi connectivity index (χ1v) is 4.17. The van der Waals surface area contributed by atoms with Gasteiger partial charge in [-0.2, -0.15) is 0 Å². The molecule has 1 aromatic heterocycles. The summed E-state index contributed by atoms with van der Waals surface area (Å²) in [6.45, 7) is 0.414. The van der Waals surface area contributed by atoms with E-state index in [0.717, 1.165) is 11.3 Å². The van der Waals surface area contributed by atoms with Gasteiger partial charge in [-0.05, 0) is 17.7 Å². The Morgan fingerprint density at radius 2 is 2.07 bits per heavy atom. The molecule has 0 aliphatic heterocycles. The molecule has 0 unspecified atom stereocenters. The van der Waals surface area contributed by atoms with E-state index in [2.05, 4.69) is 15.1 Å². The molecule has 0 saturated carbocycles. The van der Waals surface area contributed by atoms with Crippen molar-refractivity contribution in [2.24, 2.45) is 5.90 Å². The molecule has 72 valence electrons. The number of nitrogens with zero attached hydrogens (tertiary/aromatic N) is 3. The third-order valence-electron chi connectivity index (χ3n) is 1.87. The SMILES string of the molecule is NOCc1ccc(-n2ccnn2)cc1. The van der Waals surface area contributed by atoms with Gasteiger partial charge in [-0.15, -0.1) is 5.10 Å². The van der Waals surface area contributed by atoms with Crippen molar-refractivity contribution < 1.29 is 4.84 Å². The van der Waals surface area contributed by atoms with Crippen molar-refractivity contribution in [1.82, 2.24) is 15.0 Å². The van der Waals surface area contributed by atoms with Gasteiger partial charge in [0.25, 0.3) is 0 Å². The number of aromatic nitrogens is 3. The molecule has 0 fully saturated rings. The summed E-state index contributed by atoms with van der Waals surface area (Å²) in [5, 5.41) is 7.60. The van der Waals surface area contributed by atoms with Crippen LogP contribution in [0.4, 0.5) is 0 Å². The lowest BCUT2D eigenvalue weighted by molar-refractivity contribution is 0.124. The predicted molar refractivity (Wildman–Crippen MR) is 50.3 cm³/mol.